The molecule has 0 radical (unpaired) electrons. The predicted molar refractivity (Wildman–Crippen MR) is 110 cm³/mol. The number of amides is 1. The second kappa shape index (κ2) is 8.05. The summed E-state index contributed by atoms with van der Waals surface area (Å²) < 4.78 is 42.0. The van der Waals surface area contributed by atoms with E-state index in [1.165, 1.54) is 33.5 Å². The Morgan fingerprint density at radius 1 is 1.00 bits per heavy atom. The van der Waals surface area contributed by atoms with Gasteiger partial charge in [-0.1, -0.05) is 30.2 Å². The molecule has 2 heterocycles. The molecule has 1 amide bonds. The summed E-state index contributed by atoms with van der Waals surface area (Å²) in [6.07, 6.45) is 4.03. The lowest BCUT2D eigenvalue weighted by Gasteiger charge is -2.30. The second-order valence-electron chi connectivity index (χ2n) is 7.42. The minimum atomic E-state index is -3.79. The van der Waals surface area contributed by atoms with Gasteiger partial charge in [-0.2, -0.15) is 4.31 Å². The number of fused-ring (bicyclic) bond motifs is 1. The van der Waals surface area contributed by atoms with Crippen molar-refractivity contribution in [3.8, 4) is 0 Å². The number of hydrogen-bond acceptors (Lipinski definition) is 3. The van der Waals surface area contributed by atoms with Crippen LogP contribution in [0.25, 0.3) is 0 Å². The molecule has 8 heteroatoms. The van der Waals surface area contributed by atoms with Crippen LogP contribution in [0.2, 0.25) is 5.02 Å². The van der Waals surface area contributed by atoms with Gasteiger partial charge in [-0.15, -0.1) is 0 Å². The average molecular weight is 437 g/mol. The summed E-state index contributed by atoms with van der Waals surface area (Å²) in [4.78, 5) is 14.5. The Hall–Kier alpha value is -1.96. The molecule has 29 heavy (non-hydrogen) atoms. The van der Waals surface area contributed by atoms with Gasteiger partial charge >= 0.3 is 0 Å². The second-order valence-corrected chi connectivity index (χ2v) is 9.73. The van der Waals surface area contributed by atoms with Gasteiger partial charge in [0.05, 0.1) is 10.7 Å². The van der Waals surface area contributed by atoms with Gasteiger partial charge in [-0.3, -0.25) is 4.79 Å². The fourth-order valence-electron chi connectivity index (χ4n) is 4.04. The van der Waals surface area contributed by atoms with Gasteiger partial charge in [-0.25, -0.2) is 12.8 Å². The Balaban J connectivity index is 1.71. The van der Waals surface area contributed by atoms with E-state index in [1.54, 1.807) is 6.07 Å². The van der Waals surface area contributed by atoms with Crippen LogP contribution >= 0.6 is 11.6 Å². The first-order chi connectivity index (χ1) is 13.9. The highest BCUT2D eigenvalue weighted by molar-refractivity contribution is 7.89. The maximum atomic E-state index is 14.5. The van der Waals surface area contributed by atoms with E-state index in [4.69, 9.17) is 11.6 Å². The molecule has 2 aliphatic heterocycles. The molecule has 5 nitrogen and oxygen atoms in total. The fourth-order valence-corrected chi connectivity index (χ4v) is 6.06. The topological polar surface area (TPSA) is 57.7 Å². The lowest BCUT2D eigenvalue weighted by molar-refractivity contribution is 0.0984. The summed E-state index contributed by atoms with van der Waals surface area (Å²) in [7, 11) is -3.79. The summed E-state index contributed by atoms with van der Waals surface area (Å²) in [5.41, 5.74) is 1.24. The minimum absolute atomic E-state index is 0.0716. The normalized spacial score (nSPS) is 17.8. The molecule has 0 N–H and O–H groups in total. The number of anilines is 1. The number of sulfonamides is 1. The van der Waals surface area contributed by atoms with Crippen molar-refractivity contribution in [2.75, 3.05) is 24.5 Å². The van der Waals surface area contributed by atoms with Crippen LogP contribution in [-0.4, -0.2) is 38.3 Å². The molecule has 2 aromatic carbocycles. The van der Waals surface area contributed by atoms with E-state index >= 15 is 0 Å². The van der Waals surface area contributed by atoms with Gasteiger partial charge in [0.25, 0.3) is 5.91 Å². The Morgan fingerprint density at radius 3 is 2.52 bits per heavy atom. The summed E-state index contributed by atoms with van der Waals surface area (Å²) in [5, 5.41) is 0.0809. The molecular formula is C21H22ClFN2O3S. The molecular weight excluding hydrogens is 415 g/mol. The number of halogens is 2. The van der Waals surface area contributed by atoms with Crippen molar-refractivity contribution in [3.05, 3.63) is 58.4 Å². The third-order valence-corrected chi connectivity index (χ3v) is 7.90. The maximum absolute atomic E-state index is 14.5. The van der Waals surface area contributed by atoms with Crippen molar-refractivity contribution >= 4 is 33.2 Å². The molecule has 1 saturated heterocycles. The van der Waals surface area contributed by atoms with Gasteiger partial charge in [-0.05, 0) is 55.5 Å². The third-order valence-electron chi connectivity index (χ3n) is 5.52. The van der Waals surface area contributed by atoms with Crippen molar-refractivity contribution in [3.63, 3.8) is 0 Å². The summed E-state index contributed by atoms with van der Waals surface area (Å²) in [6.45, 7) is 1.27. The first-order valence-corrected chi connectivity index (χ1v) is 11.6. The van der Waals surface area contributed by atoms with Gasteiger partial charge in [0.15, 0.2) is 0 Å². The molecule has 2 aliphatic rings. The number of aryl methyl sites for hydroxylation is 1. The lowest BCUT2D eigenvalue weighted by atomic mass is 10.0. The maximum Gasteiger partial charge on any atom is 0.258 e. The smallest absolute Gasteiger partial charge is 0.258 e. The molecule has 1 fully saturated rings. The lowest BCUT2D eigenvalue weighted by Crippen LogP contribution is -2.37. The Labute approximate surface area is 175 Å². The molecule has 154 valence electrons. The van der Waals surface area contributed by atoms with Crippen molar-refractivity contribution in [1.82, 2.24) is 4.31 Å². The van der Waals surface area contributed by atoms with E-state index < -0.39 is 21.7 Å². The van der Waals surface area contributed by atoms with E-state index in [2.05, 4.69) is 0 Å². The number of hydrogen-bond donors (Lipinski definition) is 0. The molecule has 0 atom stereocenters. The first-order valence-electron chi connectivity index (χ1n) is 9.78. The van der Waals surface area contributed by atoms with Crippen molar-refractivity contribution in [2.24, 2.45) is 0 Å². The van der Waals surface area contributed by atoms with E-state index in [9.17, 15) is 17.6 Å². The molecule has 0 saturated carbocycles. The summed E-state index contributed by atoms with van der Waals surface area (Å²) >= 11 is 6.21. The largest absolute Gasteiger partial charge is 0.305 e. The van der Waals surface area contributed by atoms with E-state index in [0.29, 0.717) is 32.5 Å². The summed E-state index contributed by atoms with van der Waals surface area (Å²) in [5.74, 6) is -0.881. The number of piperidine rings is 1. The van der Waals surface area contributed by atoms with Crippen LogP contribution in [0.5, 0.6) is 0 Å². The Bertz CT molecular complexity index is 1050. The van der Waals surface area contributed by atoms with Crippen molar-refractivity contribution < 1.29 is 17.6 Å². The number of para-hydroxylation sites is 1. The zero-order valence-corrected chi connectivity index (χ0v) is 17.5. The SMILES string of the molecule is O=C(c1ccc(Cl)c(S(=O)(=O)N2CCCCC2)c1)N1CCCc2cccc(F)c21. The Kier molecular flexibility index (Phi) is 5.64. The minimum Gasteiger partial charge on any atom is -0.305 e. The molecule has 2 aromatic rings. The summed E-state index contributed by atoms with van der Waals surface area (Å²) in [6, 6.07) is 9.02. The predicted octanol–water partition coefficient (Wildman–Crippen LogP) is 4.25. The Morgan fingerprint density at radius 2 is 1.76 bits per heavy atom. The fraction of sp³-hybridized carbons (Fsp3) is 0.381. The highest BCUT2D eigenvalue weighted by Gasteiger charge is 2.31. The van der Waals surface area contributed by atoms with Gasteiger partial charge in [0.2, 0.25) is 10.0 Å². The number of carbonyl (C=O) groups is 1. The molecule has 0 aromatic heterocycles. The third kappa shape index (κ3) is 3.79. The van der Waals surface area contributed by atoms with Crippen LogP contribution in [0.15, 0.2) is 41.3 Å². The number of benzene rings is 2. The highest BCUT2D eigenvalue weighted by atomic mass is 35.5. The van der Waals surface area contributed by atoms with Gasteiger partial charge in [0.1, 0.15) is 10.7 Å². The zero-order chi connectivity index (χ0) is 20.6. The first kappa shape index (κ1) is 20.3. The average Bonchev–Trinajstić information content (AvgIpc) is 2.74. The monoisotopic (exact) mass is 436 g/mol. The van der Waals surface area contributed by atoms with Crippen LogP contribution in [0.3, 0.4) is 0 Å². The van der Waals surface area contributed by atoms with Gasteiger partial charge in [0, 0.05) is 25.2 Å². The van der Waals surface area contributed by atoms with E-state index in [1.807, 2.05) is 6.07 Å². The molecule has 0 unspecified atom stereocenters. The van der Waals surface area contributed by atoms with E-state index in [-0.39, 0.29) is 21.2 Å². The van der Waals surface area contributed by atoms with E-state index in [0.717, 1.165) is 24.8 Å². The van der Waals surface area contributed by atoms with Crippen LogP contribution in [0.4, 0.5) is 10.1 Å². The van der Waals surface area contributed by atoms with Crippen molar-refractivity contribution in [2.45, 2.75) is 37.0 Å². The standard InChI is InChI=1S/C21H22ClFN2O3S/c22-17-10-9-16(14-19(17)29(27,28)24-11-2-1-3-12-24)21(26)25-13-5-7-15-6-4-8-18(23)20(15)25/h4,6,8-10,14H,1-3,5,7,11-13H2. The molecule has 0 aliphatic carbocycles. The number of nitrogens with zero attached hydrogens (tertiary/aromatic N) is 2. The molecule has 0 bridgehead atoms. The highest BCUT2D eigenvalue weighted by Crippen LogP contribution is 2.33. The molecule has 4 rings (SSSR count). The van der Waals surface area contributed by atoms with Crippen LogP contribution in [0, 0.1) is 5.82 Å². The van der Waals surface area contributed by atoms with Crippen LogP contribution < -0.4 is 4.90 Å². The number of rotatable bonds is 3. The van der Waals surface area contributed by atoms with Gasteiger partial charge < -0.3 is 4.90 Å². The van der Waals surface area contributed by atoms with Crippen LogP contribution in [-0.2, 0) is 16.4 Å². The van der Waals surface area contributed by atoms with Crippen molar-refractivity contribution in [1.29, 1.82) is 0 Å². The molecule has 0 spiro atoms. The van der Waals surface area contributed by atoms with Crippen LogP contribution in [0.1, 0.15) is 41.6 Å². The zero-order valence-electron chi connectivity index (χ0n) is 15.9. The number of carbonyl (C=O) groups excluding carboxylic acids is 1. The quantitative estimate of drug-likeness (QED) is 0.722.